The van der Waals surface area contributed by atoms with Crippen molar-refractivity contribution in [2.24, 2.45) is 0 Å². The van der Waals surface area contributed by atoms with Gasteiger partial charge in [-0.2, -0.15) is 0 Å². The van der Waals surface area contributed by atoms with Crippen LogP contribution in [0.5, 0.6) is 5.75 Å². The number of ether oxygens (including phenoxy) is 1. The molecule has 12 heteroatoms. The van der Waals surface area contributed by atoms with Gasteiger partial charge in [-0.1, -0.05) is 35.5 Å². The fourth-order valence-electron chi connectivity index (χ4n) is 3.27. The molecule has 2 N–H and O–H groups in total. The highest BCUT2D eigenvalue weighted by Gasteiger charge is 2.17. The number of nitro groups is 1. The minimum Gasteiger partial charge on any atom is -0.497 e. The molecule has 1 amide bonds. The molecule has 0 aliphatic rings. The number of hydrogen-bond acceptors (Lipinski definition) is 8. The number of anilines is 2. The lowest BCUT2D eigenvalue weighted by atomic mass is 10.3. The molecule has 0 radical (unpaired) electrons. The molecule has 10 nitrogen and oxygen atoms in total. The van der Waals surface area contributed by atoms with Crippen LogP contribution in [0.3, 0.4) is 0 Å². The number of halogens is 1. The third-order valence-corrected chi connectivity index (χ3v) is 6.29. The molecule has 0 aliphatic heterocycles. The predicted molar refractivity (Wildman–Crippen MR) is 139 cm³/mol. The molecule has 0 spiro atoms. The number of hydrogen-bond donors (Lipinski definition) is 2. The molecule has 0 saturated heterocycles. The van der Waals surface area contributed by atoms with Gasteiger partial charge in [-0.3, -0.25) is 19.5 Å². The third kappa shape index (κ3) is 6.12. The van der Waals surface area contributed by atoms with Gasteiger partial charge in [0.15, 0.2) is 11.0 Å². The Labute approximate surface area is 215 Å². The fourth-order valence-corrected chi connectivity index (χ4v) is 4.24. The van der Waals surface area contributed by atoms with Gasteiger partial charge in [-0.15, -0.1) is 10.2 Å². The van der Waals surface area contributed by atoms with Crippen molar-refractivity contribution in [2.75, 3.05) is 23.5 Å². The van der Waals surface area contributed by atoms with E-state index in [1.807, 2.05) is 47.0 Å². The van der Waals surface area contributed by atoms with Crippen molar-refractivity contribution < 1.29 is 14.5 Å². The van der Waals surface area contributed by atoms with Crippen LogP contribution in [0.15, 0.2) is 78.0 Å². The van der Waals surface area contributed by atoms with E-state index in [0.29, 0.717) is 34.0 Å². The highest BCUT2D eigenvalue weighted by molar-refractivity contribution is 7.99. The number of nitrogens with one attached hydrogen (secondary N) is 2. The van der Waals surface area contributed by atoms with E-state index in [0.717, 1.165) is 11.4 Å². The molecule has 0 unspecified atom stereocenters. The first-order chi connectivity index (χ1) is 17.4. The molecule has 0 aliphatic carbocycles. The van der Waals surface area contributed by atoms with Crippen molar-refractivity contribution >= 4 is 46.3 Å². The van der Waals surface area contributed by atoms with Crippen LogP contribution >= 0.6 is 23.4 Å². The molecule has 3 aromatic carbocycles. The number of aromatic nitrogens is 3. The molecule has 184 valence electrons. The number of carbonyl (C=O) groups is 1. The Morgan fingerprint density at radius 2 is 1.81 bits per heavy atom. The number of thioether (sulfide) groups is 1. The SMILES string of the molecule is COc1ccc(-n2c(CNc3ccccc3Cl)nnc2SCC(=O)Nc2ccc([N+](=O)[O-])cc2)cc1. The first-order valence-electron chi connectivity index (χ1n) is 10.7. The molecule has 0 bridgehead atoms. The van der Waals surface area contributed by atoms with E-state index in [4.69, 9.17) is 16.3 Å². The first kappa shape index (κ1) is 25.0. The summed E-state index contributed by atoms with van der Waals surface area (Å²) in [7, 11) is 1.59. The van der Waals surface area contributed by atoms with E-state index in [9.17, 15) is 14.9 Å². The fraction of sp³-hybridized carbons (Fsp3) is 0.125. The summed E-state index contributed by atoms with van der Waals surface area (Å²) in [5.74, 6) is 1.11. The maximum absolute atomic E-state index is 12.5. The molecule has 36 heavy (non-hydrogen) atoms. The minimum atomic E-state index is -0.494. The minimum absolute atomic E-state index is 0.0482. The molecular formula is C24H21ClN6O4S. The monoisotopic (exact) mass is 524 g/mol. The normalized spacial score (nSPS) is 10.6. The summed E-state index contributed by atoms with van der Waals surface area (Å²) in [4.78, 5) is 22.8. The number of nitrogens with zero attached hydrogens (tertiary/aromatic N) is 4. The van der Waals surface area contributed by atoms with Crippen LogP contribution in [0, 0.1) is 10.1 Å². The van der Waals surface area contributed by atoms with Crippen LogP contribution in [0.2, 0.25) is 5.02 Å². The maximum Gasteiger partial charge on any atom is 0.269 e. The molecule has 0 atom stereocenters. The van der Waals surface area contributed by atoms with Crippen molar-refractivity contribution in [1.82, 2.24) is 14.8 Å². The smallest absolute Gasteiger partial charge is 0.269 e. The predicted octanol–water partition coefficient (Wildman–Crippen LogP) is 5.18. The van der Waals surface area contributed by atoms with E-state index in [1.54, 1.807) is 13.2 Å². The summed E-state index contributed by atoms with van der Waals surface area (Å²) in [5.41, 5.74) is 1.98. The van der Waals surface area contributed by atoms with Gasteiger partial charge in [-0.25, -0.2) is 0 Å². The molecule has 1 aromatic heterocycles. The Bertz CT molecular complexity index is 1360. The molecule has 0 saturated carbocycles. The Morgan fingerprint density at radius 1 is 1.08 bits per heavy atom. The standard InChI is InChI=1S/C24H21ClN6O4S/c1-35-19-12-10-17(11-13-19)30-22(14-26-21-5-3-2-4-20(21)25)28-29-24(30)36-15-23(32)27-16-6-8-18(9-7-16)31(33)34/h2-13,26H,14-15H2,1H3,(H,27,32). The first-order valence-corrected chi connectivity index (χ1v) is 12.0. The highest BCUT2D eigenvalue weighted by Crippen LogP contribution is 2.26. The second kappa shape index (κ2) is 11.6. The maximum atomic E-state index is 12.5. The molecular weight excluding hydrogens is 504 g/mol. The van der Waals surface area contributed by atoms with Gasteiger partial charge in [0.2, 0.25) is 5.91 Å². The zero-order valence-corrected chi connectivity index (χ0v) is 20.6. The van der Waals surface area contributed by atoms with Crippen LogP contribution in [0.4, 0.5) is 17.1 Å². The summed E-state index contributed by atoms with van der Waals surface area (Å²) in [6.07, 6.45) is 0. The second-order valence-electron chi connectivity index (χ2n) is 7.41. The lowest BCUT2D eigenvalue weighted by Crippen LogP contribution is -2.15. The number of amides is 1. The largest absolute Gasteiger partial charge is 0.497 e. The van der Waals surface area contributed by atoms with Crippen LogP contribution in [-0.4, -0.2) is 38.5 Å². The van der Waals surface area contributed by atoms with Gasteiger partial charge >= 0.3 is 0 Å². The van der Waals surface area contributed by atoms with Gasteiger partial charge in [0.25, 0.3) is 5.69 Å². The van der Waals surface area contributed by atoms with Crippen LogP contribution in [0.1, 0.15) is 5.82 Å². The lowest BCUT2D eigenvalue weighted by Gasteiger charge is -2.12. The zero-order valence-electron chi connectivity index (χ0n) is 19.1. The summed E-state index contributed by atoms with van der Waals surface area (Å²) in [6.45, 7) is 0.346. The van der Waals surface area contributed by atoms with E-state index < -0.39 is 4.92 Å². The van der Waals surface area contributed by atoms with E-state index in [1.165, 1.54) is 36.0 Å². The van der Waals surface area contributed by atoms with Crippen LogP contribution < -0.4 is 15.4 Å². The van der Waals surface area contributed by atoms with Crippen molar-refractivity contribution in [1.29, 1.82) is 0 Å². The summed E-state index contributed by atoms with van der Waals surface area (Å²) in [6, 6.07) is 20.5. The topological polar surface area (TPSA) is 124 Å². The number of benzene rings is 3. The number of nitro benzene ring substituents is 1. The van der Waals surface area contributed by atoms with E-state index in [-0.39, 0.29) is 17.3 Å². The summed E-state index contributed by atoms with van der Waals surface area (Å²) < 4.78 is 7.11. The number of non-ortho nitro benzene ring substituents is 1. The van der Waals surface area contributed by atoms with Gasteiger partial charge in [0, 0.05) is 23.5 Å². The van der Waals surface area contributed by atoms with E-state index in [2.05, 4.69) is 20.8 Å². The van der Waals surface area contributed by atoms with Crippen molar-refractivity contribution in [3.05, 3.63) is 93.8 Å². The molecule has 4 rings (SSSR count). The number of para-hydroxylation sites is 1. The van der Waals surface area contributed by atoms with Gasteiger partial charge < -0.3 is 15.4 Å². The molecule has 1 heterocycles. The molecule has 4 aromatic rings. The zero-order chi connectivity index (χ0) is 25.5. The number of carbonyl (C=O) groups excluding carboxylic acids is 1. The third-order valence-electron chi connectivity index (χ3n) is 5.04. The lowest BCUT2D eigenvalue weighted by molar-refractivity contribution is -0.384. The van der Waals surface area contributed by atoms with Crippen molar-refractivity contribution in [3.63, 3.8) is 0 Å². The van der Waals surface area contributed by atoms with Crippen LogP contribution in [-0.2, 0) is 11.3 Å². The number of methoxy groups -OCH3 is 1. The Kier molecular flexibility index (Phi) is 8.03. The van der Waals surface area contributed by atoms with E-state index >= 15 is 0 Å². The Hall–Kier alpha value is -4.09. The van der Waals surface area contributed by atoms with Gasteiger partial charge in [-0.05, 0) is 48.5 Å². The van der Waals surface area contributed by atoms with Crippen molar-refractivity contribution in [2.45, 2.75) is 11.7 Å². The molecule has 0 fully saturated rings. The summed E-state index contributed by atoms with van der Waals surface area (Å²) in [5, 5.41) is 26.5. The van der Waals surface area contributed by atoms with Crippen LogP contribution in [0.25, 0.3) is 5.69 Å². The Balaban J connectivity index is 1.50. The summed E-state index contributed by atoms with van der Waals surface area (Å²) >= 11 is 7.48. The Morgan fingerprint density at radius 3 is 2.47 bits per heavy atom. The second-order valence-corrected chi connectivity index (χ2v) is 8.76. The number of rotatable bonds is 10. The van der Waals surface area contributed by atoms with Gasteiger partial charge in [0.1, 0.15) is 5.75 Å². The van der Waals surface area contributed by atoms with Crippen molar-refractivity contribution in [3.8, 4) is 11.4 Å². The average molecular weight is 525 g/mol. The van der Waals surface area contributed by atoms with Gasteiger partial charge in [0.05, 0.1) is 35.0 Å². The highest BCUT2D eigenvalue weighted by atomic mass is 35.5. The quantitative estimate of drug-likeness (QED) is 0.165. The average Bonchev–Trinajstić information content (AvgIpc) is 3.30.